The van der Waals surface area contributed by atoms with Gasteiger partial charge < -0.3 is 14.0 Å². The molecule has 2 N–H and O–H groups in total. The number of aromatic nitrogens is 2. The van der Waals surface area contributed by atoms with Crippen LogP contribution in [-0.2, 0) is 23.4 Å². The number of carbonyl (C=O) groups is 1. The summed E-state index contributed by atoms with van der Waals surface area (Å²) >= 11 is 0. The van der Waals surface area contributed by atoms with Crippen LogP contribution in [0.1, 0.15) is 27.0 Å². The van der Waals surface area contributed by atoms with Crippen LogP contribution in [-0.4, -0.2) is 40.4 Å². The molecule has 11 nitrogen and oxygen atoms in total. The van der Waals surface area contributed by atoms with Crippen LogP contribution in [0, 0.1) is 0 Å². The summed E-state index contributed by atoms with van der Waals surface area (Å²) in [4.78, 5) is 37.5. The number of esters is 1. The molecule has 1 aliphatic heterocycles. The molecule has 3 rings (SSSR count). The van der Waals surface area contributed by atoms with E-state index in [0.717, 1.165) is 0 Å². The van der Waals surface area contributed by atoms with Gasteiger partial charge in [-0.25, -0.2) is 9.36 Å². The lowest BCUT2D eigenvalue weighted by atomic mass is 10.3. The number of benzene rings is 1. The average molecular weight is 479 g/mol. The Balaban J connectivity index is 1.68. The molecule has 1 aromatic heterocycles. The number of ether oxygens (including phenoxy) is 2. The van der Waals surface area contributed by atoms with Crippen molar-refractivity contribution in [1.29, 1.82) is 0 Å². The molecule has 33 heavy (non-hydrogen) atoms. The lowest BCUT2D eigenvalue weighted by Crippen LogP contribution is -2.36. The second-order valence-corrected chi connectivity index (χ2v) is 9.20. The fourth-order valence-electron chi connectivity index (χ4n) is 2.88. The van der Waals surface area contributed by atoms with E-state index in [4.69, 9.17) is 18.5 Å². The number of nitrogens with zero attached hydrogens (tertiary/aromatic N) is 1. The minimum Gasteiger partial charge on any atom is -0.462 e. The third-order valence-electron chi connectivity index (χ3n) is 4.36. The summed E-state index contributed by atoms with van der Waals surface area (Å²) in [6.45, 7) is 4.69. The van der Waals surface area contributed by atoms with Gasteiger partial charge in [-0.3, -0.25) is 23.7 Å². The van der Waals surface area contributed by atoms with Gasteiger partial charge in [-0.2, -0.15) is 5.09 Å². The van der Waals surface area contributed by atoms with E-state index < -0.39 is 43.3 Å². The Morgan fingerprint density at radius 3 is 2.58 bits per heavy atom. The Morgan fingerprint density at radius 2 is 1.91 bits per heavy atom. The quantitative estimate of drug-likeness (QED) is 0.298. The number of rotatable bonds is 10. The van der Waals surface area contributed by atoms with Crippen molar-refractivity contribution in [3.63, 3.8) is 0 Å². The topological polar surface area (TPSA) is 138 Å². The van der Waals surface area contributed by atoms with Gasteiger partial charge in [0.2, 0.25) is 0 Å². The Hall–Kier alpha value is -2.98. The number of hydrogen-bond acceptors (Lipinski definition) is 8. The maximum absolute atomic E-state index is 13.4. The van der Waals surface area contributed by atoms with Gasteiger partial charge in [0.1, 0.15) is 17.9 Å². The highest BCUT2D eigenvalue weighted by molar-refractivity contribution is 7.52. The maximum atomic E-state index is 13.4. The van der Waals surface area contributed by atoms with E-state index in [9.17, 15) is 18.9 Å². The SMILES string of the molecule is CC(C)OC(=O)[C@H](C)NP(=O)(OC[C@@H]1C=CC(n2ccc(=O)[nH]c2=O)O1)Oc1ccccc1. The molecule has 178 valence electrons. The first-order valence-electron chi connectivity index (χ1n) is 10.3. The molecule has 12 heteroatoms. The van der Waals surface area contributed by atoms with Crippen molar-refractivity contribution in [3.8, 4) is 5.75 Å². The van der Waals surface area contributed by atoms with Crippen LogP contribution in [0.25, 0.3) is 0 Å². The van der Waals surface area contributed by atoms with Crippen molar-refractivity contribution in [3.05, 3.63) is 75.6 Å². The third-order valence-corrected chi connectivity index (χ3v) is 6.01. The molecule has 2 unspecified atom stereocenters. The Morgan fingerprint density at radius 1 is 1.18 bits per heavy atom. The van der Waals surface area contributed by atoms with Crippen molar-refractivity contribution in [2.24, 2.45) is 0 Å². The van der Waals surface area contributed by atoms with Gasteiger partial charge >= 0.3 is 19.4 Å². The van der Waals surface area contributed by atoms with Crippen LogP contribution < -0.4 is 20.9 Å². The first-order chi connectivity index (χ1) is 15.6. The minimum atomic E-state index is -4.04. The smallest absolute Gasteiger partial charge is 0.459 e. The molecule has 0 amide bonds. The van der Waals surface area contributed by atoms with E-state index in [1.807, 2.05) is 0 Å². The van der Waals surface area contributed by atoms with Crippen LogP contribution in [0.15, 0.2) is 64.3 Å². The van der Waals surface area contributed by atoms with Gasteiger partial charge in [0.15, 0.2) is 6.23 Å². The van der Waals surface area contributed by atoms with Gasteiger partial charge in [-0.15, -0.1) is 0 Å². The van der Waals surface area contributed by atoms with E-state index in [2.05, 4.69) is 10.1 Å². The predicted molar refractivity (Wildman–Crippen MR) is 119 cm³/mol. The summed E-state index contributed by atoms with van der Waals surface area (Å²) in [6, 6.07) is 8.58. The largest absolute Gasteiger partial charge is 0.462 e. The first-order valence-corrected chi connectivity index (χ1v) is 11.8. The predicted octanol–water partition coefficient (Wildman–Crippen LogP) is 2.12. The molecule has 0 saturated carbocycles. The Kier molecular flexibility index (Phi) is 8.04. The van der Waals surface area contributed by atoms with Crippen LogP contribution in [0.4, 0.5) is 0 Å². The normalized spacial score (nSPS) is 20.4. The highest BCUT2D eigenvalue weighted by Crippen LogP contribution is 2.45. The molecule has 0 bridgehead atoms. The molecule has 0 fully saturated rings. The standard InChI is InChI=1S/C21H26N3O8P/c1-14(2)30-20(26)15(3)23-33(28,32-16-7-5-4-6-8-16)29-13-17-9-10-19(31-17)24-12-11-18(25)22-21(24)27/h4-12,14-15,17,19H,13H2,1-3H3,(H,23,28)(H,22,25,27)/t15-,17-,19?,33?/m0/s1. The summed E-state index contributed by atoms with van der Waals surface area (Å²) < 4.78 is 36.7. The van der Waals surface area contributed by atoms with E-state index >= 15 is 0 Å². The van der Waals surface area contributed by atoms with Crippen molar-refractivity contribution in [2.45, 2.75) is 45.2 Å². The Bertz CT molecular complexity index is 1140. The molecule has 0 spiro atoms. The van der Waals surface area contributed by atoms with Crippen LogP contribution >= 0.6 is 7.75 Å². The van der Waals surface area contributed by atoms with Gasteiger partial charge in [0.25, 0.3) is 5.56 Å². The summed E-state index contributed by atoms with van der Waals surface area (Å²) in [7, 11) is -4.04. The molecule has 2 heterocycles. The van der Waals surface area contributed by atoms with E-state index in [1.165, 1.54) is 23.8 Å². The number of para-hydroxylation sites is 1. The number of H-pyrrole nitrogens is 1. The zero-order chi connectivity index (χ0) is 24.0. The second-order valence-electron chi connectivity index (χ2n) is 7.50. The fraction of sp³-hybridized carbons (Fsp3) is 0.381. The highest BCUT2D eigenvalue weighted by atomic mass is 31.2. The lowest BCUT2D eigenvalue weighted by molar-refractivity contribution is -0.149. The van der Waals surface area contributed by atoms with E-state index in [0.29, 0.717) is 0 Å². The molecule has 0 saturated heterocycles. The zero-order valence-electron chi connectivity index (χ0n) is 18.4. The van der Waals surface area contributed by atoms with Gasteiger partial charge in [-0.05, 0) is 39.0 Å². The summed E-state index contributed by atoms with van der Waals surface area (Å²) in [5, 5.41) is 2.59. The van der Waals surface area contributed by atoms with Gasteiger partial charge in [0.05, 0.1) is 12.7 Å². The molecule has 1 aromatic carbocycles. The monoisotopic (exact) mass is 479 g/mol. The molecule has 4 atom stereocenters. The van der Waals surface area contributed by atoms with E-state index in [1.54, 1.807) is 56.3 Å². The minimum absolute atomic E-state index is 0.200. The van der Waals surface area contributed by atoms with Gasteiger partial charge in [-0.1, -0.05) is 24.3 Å². The van der Waals surface area contributed by atoms with Crippen molar-refractivity contribution >= 4 is 13.7 Å². The molecule has 1 aliphatic rings. The fourth-order valence-corrected chi connectivity index (χ4v) is 4.38. The molecule has 0 aliphatic carbocycles. The van der Waals surface area contributed by atoms with Crippen molar-refractivity contribution < 1.29 is 27.9 Å². The van der Waals surface area contributed by atoms with Crippen molar-refractivity contribution in [2.75, 3.05) is 6.61 Å². The van der Waals surface area contributed by atoms with Gasteiger partial charge in [0, 0.05) is 12.3 Å². The lowest BCUT2D eigenvalue weighted by Gasteiger charge is -2.24. The highest BCUT2D eigenvalue weighted by Gasteiger charge is 2.34. The van der Waals surface area contributed by atoms with E-state index in [-0.39, 0.29) is 18.5 Å². The van der Waals surface area contributed by atoms with Crippen LogP contribution in [0.2, 0.25) is 0 Å². The summed E-state index contributed by atoms with van der Waals surface area (Å²) in [6.07, 6.45) is 2.76. The number of nitrogens with one attached hydrogen (secondary N) is 2. The molecule has 2 aromatic rings. The zero-order valence-corrected chi connectivity index (χ0v) is 19.3. The van der Waals surface area contributed by atoms with Crippen molar-refractivity contribution in [1.82, 2.24) is 14.6 Å². The second kappa shape index (κ2) is 10.8. The molecular weight excluding hydrogens is 453 g/mol. The number of carbonyl (C=O) groups excluding carboxylic acids is 1. The average Bonchev–Trinajstić information content (AvgIpc) is 3.21. The third kappa shape index (κ3) is 7.00. The summed E-state index contributed by atoms with van der Waals surface area (Å²) in [5.74, 6) is -0.335. The Labute approximate surface area is 189 Å². The first kappa shape index (κ1) is 24.7. The summed E-state index contributed by atoms with van der Waals surface area (Å²) in [5.41, 5.74) is -1.15. The van der Waals surface area contributed by atoms with Crippen LogP contribution in [0.5, 0.6) is 5.75 Å². The molecule has 0 radical (unpaired) electrons. The molecular formula is C21H26N3O8P. The number of hydrogen-bond donors (Lipinski definition) is 2. The number of aromatic amines is 1. The van der Waals surface area contributed by atoms with Crippen LogP contribution in [0.3, 0.4) is 0 Å². The maximum Gasteiger partial charge on any atom is 0.459 e.